The van der Waals surface area contributed by atoms with Gasteiger partial charge in [0, 0.05) is 71.1 Å². The van der Waals surface area contributed by atoms with Gasteiger partial charge in [0.1, 0.15) is 15.9 Å². The molecule has 3 N–H and O–H groups in total. The number of pyridine rings is 4. The number of aromatic nitrogens is 4. The zero-order valence-electron chi connectivity index (χ0n) is 39.6. The first kappa shape index (κ1) is 47.0. The fourth-order valence-electron chi connectivity index (χ4n) is 10.4. The van der Waals surface area contributed by atoms with E-state index in [0.29, 0.717) is 62.4 Å². The number of benzene rings is 4. The maximum atomic E-state index is 12.8. The van der Waals surface area contributed by atoms with E-state index < -0.39 is 34.3 Å². The van der Waals surface area contributed by atoms with Crippen molar-refractivity contribution in [3.05, 3.63) is 167 Å². The molecule has 360 valence electrons. The van der Waals surface area contributed by atoms with Crippen LogP contribution in [0.2, 0.25) is 10.3 Å². The maximum Gasteiger partial charge on any atom is 0.408 e. The van der Waals surface area contributed by atoms with Gasteiger partial charge in [-0.05, 0) is 67.3 Å². The van der Waals surface area contributed by atoms with Crippen molar-refractivity contribution in [1.29, 1.82) is 0 Å². The second-order valence-corrected chi connectivity index (χ2v) is 20.5. The normalized spacial score (nSPS) is 19.5. The van der Waals surface area contributed by atoms with Crippen molar-refractivity contribution < 1.29 is 28.5 Å². The molecule has 4 aromatic carbocycles. The zero-order chi connectivity index (χ0) is 49.0. The lowest BCUT2D eigenvalue weighted by molar-refractivity contribution is -0.245. The number of hydrogen-bond acceptors (Lipinski definition) is 11. The Labute approximate surface area is 421 Å². The van der Waals surface area contributed by atoms with Crippen LogP contribution < -0.4 is 11.1 Å². The van der Waals surface area contributed by atoms with Crippen LogP contribution in [0.3, 0.4) is 0 Å². The molecule has 2 saturated heterocycles. The van der Waals surface area contributed by atoms with Crippen molar-refractivity contribution in [1.82, 2.24) is 25.3 Å². The number of nitrogens with one attached hydrogen (secondary N) is 1. The summed E-state index contributed by atoms with van der Waals surface area (Å²) in [7, 11) is 0. The molecule has 2 aliphatic carbocycles. The third-order valence-electron chi connectivity index (χ3n) is 13.7. The Bertz CT molecular complexity index is 3250. The van der Waals surface area contributed by atoms with Crippen LogP contribution in [0.5, 0.6) is 0 Å². The number of nitrogens with two attached hydrogens (primary N) is 1. The van der Waals surface area contributed by atoms with Crippen LogP contribution in [0.15, 0.2) is 146 Å². The number of hydrogen-bond donors (Lipinski definition) is 2. The average Bonchev–Trinajstić information content (AvgIpc) is 4.05. The third-order valence-corrected chi connectivity index (χ3v) is 14.3. The van der Waals surface area contributed by atoms with E-state index in [1.807, 2.05) is 99.6 Å². The summed E-state index contributed by atoms with van der Waals surface area (Å²) in [6, 6.07) is 44.7. The summed E-state index contributed by atoms with van der Waals surface area (Å²) in [5.41, 5.74) is 16.4. The monoisotopic (exact) mass is 986 g/mol. The van der Waals surface area contributed by atoms with Crippen molar-refractivity contribution in [2.45, 2.75) is 74.7 Å². The molecule has 0 unspecified atom stereocenters. The van der Waals surface area contributed by atoms with Gasteiger partial charge in [-0.2, -0.15) is 0 Å². The molecule has 8 aromatic rings. The highest BCUT2D eigenvalue weighted by Crippen LogP contribution is 2.54. The number of alkyl carbamates (subject to hydrolysis) is 1. The molecule has 2 saturated carbocycles. The molecule has 4 fully saturated rings. The predicted octanol–water partition coefficient (Wildman–Crippen LogP) is 12.2. The zero-order valence-corrected chi connectivity index (χ0v) is 41.1. The van der Waals surface area contributed by atoms with Gasteiger partial charge in [-0.15, -0.1) is 0 Å². The van der Waals surface area contributed by atoms with E-state index in [0.717, 1.165) is 77.7 Å². The first-order valence-electron chi connectivity index (χ1n) is 23.8. The Morgan fingerprint density at radius 3 is 1.44 bits per heavy atom. The van der Waals surface area contributed by atoms with E-state index in [1.165, 1.54) is 0 Å². The minimum absolute atomic E-state index is 0.421. The van der Waals surface area contributed by atoms with Crippen LogP contribution in [-0.2, 0) is 34.8 Å². The molecule has 14 heteroatoms. The van der Waals surface area contributed by atoms with Crippen LogP contribution in [0.25, 0.3) is 66.6 Å². The summed E-state index contributed by atoms with van der Waals surface area (Å²) in [5.74, 6) is -1.15. The molecule has 12 nitrogen and oxygen atoms in total. The molecule has 0 atom stereocenters. The average molecular weight is 988 g/mol. The summed E-state index contributed by atoms with van der Waals surface area (Å²) in [4.78, 5) is 31.3. The number of ether oxygens (including phenoxy) is 5. The minimum Gasteiger partial charge on any atom is -0.444 e. The largest absolute Gasteiger partial charge is 0.444 e. The molecule has 2 aliphatic heterocycles. The Hall–Kier alpha value is -6.35. The lowest BCUT2D eigenvalue weighted by Crippen LogP contribution is -2.64. The van der Waals surface area contributed by atoms with Crippen LogP contribution in [-0.4, -0.2) is 69.6 Å². The first-order chi connectivity index (χ1) is 34.2. The summed E-state index contributed by atoms with van der Waals surface area (Å²) in [6.07, 6.45) is 5.25. The van der Waals surface area contributed by atoms with Crippen molar-refractivity contribution in [3.63, 3.8) is 0 Å². The van der Waals surface area contributed by atoms with Gasteiger partial charge in [0.05, 0.1) is 59.9 Å². The number of carbonyl (C=O) groups excluding carboxylic acids is 1. The highest BCUT2D eigenvalue weighted by molar-refractivity contribution is 6.34. The summed E-state index contributed by atoms with van der Waals surface area (Å²) in [6.45, 7) is 7.94. The topological polar surface area (TPSA) is 153 Å². The van der Waals surface area contributed by atoms with E-state index in [9.17, 15) is 4.79 Å². The van der Waals surface area contributed by atoms with Gasteiger partial charge in [0.2, 0.25) is 0 Å². The third kappa shape index (κ3) is 9.26. The van der Waals surface area contributed by atoms with Gasteiger partial charge in [-0.3, -0.25) is 0 Å². The van der Waals surface area contributed by atoms with Crippen molar-refractivity contribution in [2.24, 2.45) is 5.73 Å². The number of nitrogens with zero attached hydrogens (tertiary/aromatic N) is 4. The molecule has 0 bridgehead atoms. The SMILES string of the molecule is CC(C)(C)OC(=O)NC1(c2ccc(-c3nc4ccnc(Cl)c4cc3-c3ccccc3)cc2)CC2(C1)OCCO2.NC1(c2ccc(-c3nc4ccnc(Cl)c4cc3-c3ccccc3)cc2)CC2(C1)OCCO2. The second kappa shape index (κ2) is 18.4. The number of fused-ring (bicyclic) bond motifs is 2. The molecular weight excluding hydrogens is 936 g/mol. The van der Waals surface area contributed by atoms with Gasteiger partial charge < -0.3 is 34.7 Å². The molecule has 1 amide bonds. The standard InChI is InChI=1S/C31H30ClN3O4.C26H22ClN3O2/c1-29(2,3)39-28(36)35-30(18-31(19-30)37-15-16-38-31)22-11-9-21(10-12-22)26-23(20-7-5-4-6-8-20)17-24-25(34-26)13-14-33-27(24)32;27-24-21-14-20(17-4-2-1-3-5-17)23(30-22(21)10-11-29-24)18-6-8-19(9-7-18)25(28)15-26(16-25)31-12-13-32-26/h4-14,17H,15-16,18-19H2,1-3H3,(H,35,36);1-11,14H,12-13,15-16,28H2. The fourth-order valence-corrected chi connectivity index (χ4v) is 10.8. The highest BCUT2D eigenvalue weighted by atomic mass is 35.5. The van der Waals surface area contributed by atoms with Gasteiger partial charge in [0.15, 0.2) is 11.6 Å². The van der Waals surface area contributed by atoms with Gasteiger partial charge in [0.25, 0.3) is 0 Å². The van der Waals surface area contributed by atoms with Gasteiger partial charge in [-0.25, -0.2) is 24.7 Å². The Morgan fingerprint density at radius 2 is 1.00 bits per heavy atom. The van der Waals surface area contributed by atoms with Crippen molar-refractivity contribution >= 4 is 51.1 Å². The van der Waals surface area contributed by atoms with E-state index >= 15 is 0 Å². The molecule has 71 heavy (non-hydrogen) atoms. The number of rotatable bonds is 7. The van der Waals surface area contributed by atoms with Crippen LogP contribution in [0, 0.1) is 0 Å². The first-order valence-corrected chi connectivity index (χ1v) is 24.6. The van der Waals surface area contributed by atoms with E-state index in [-0.39, 0.29) is 0 Å². The number of carbonyl (C=O) groups is 1. The van der Waals surface area contributed by atoms with E-state index in [4.69, 9.17) is 62.6 Å². The van der Waals surface area contributed by atoms with Gasteiger partial charge in [-0.1, -0.05) is 132 Å². The fraction of sp³-hybridized carbons (Fsp3) is 0.281. The van der Waals surface area contributed by atoms with Crippen molar-refractivity contribution in [3.8, 4) is 44.8 Å². The van der Waals surface area contributed by atoms with Gasteiger partial charge >= 0.3 is 6.09 Å². The summed E-state index contributed by atoms with van der Waals surface area (Å²) >= 11 is 12.8. The molecule has 2 spiro atoms. The molecule has 6 heterocycles. The maximum absolute atomic E-state index is 12.8. The molecule has 12 rings (SSSR count). The second-order valence-electron chi connectivity index (χ2n) is 19.8. The Kier molecular flexibility index (Phi) is 12.2. The lowest BCUT2D eigenvalue weighted by atomic mass is 9.67. The Balaban J connectivity index is 0.000000157. The quantitative estimate of drug-likeness (QED) is 0.147. The van der Waals surface area contributed by atoms with E-state index in [1.54, 1.807) is 12.4 Å². The number of halogens is 2. The minimum atomic E-state index is -0.665. The Morgan fingerprint density at radius 1 is 0.577 bits per heavy atom. The van der Waals surface area contributed by atoms with Crippen LogP contribution >= 0.6 is 23.2 Å². The smallest absolute Gasteiger partial charge is 0.408 e. The van der Waals surface area contributed by atoms with Crippen LogP contribution in [0.1, 0.15) is 57.6 Å². The molecule has 4 aliphatic rings. The summed E-state index contributed by atoms with van der Waals surface area (Å²) in [5, 5.41) is 5.64. The molecule has 4 aromatic heterocycles. The molecular formula is C57H52Cl2N6O6. The number of amides is 1. The molecule has 0 radical (unpaired) electrons. The van der Waals surface area contributed by atoms with Crippen LogP contribution in [0.4, 0.5) is 4.79 Å². The lowest BCUT2D eigenvalue weighted by Gasteiger charge is -2.53. The van der Waals surface area contributed by atoms with E-state index in [2.05, 4.69) is 69.9 Å². The summed E-state index contributed by atoms with van der Waals surface area (Å²) < 4.78 is 28.9. The predicted molar refractivity (Wildman–Crippen MR) is 275 cm³/mol. The van der Waals surface area contributed by atoms with Crippen molar-refractivity contribution in [2.75, 3.05) is 26.4 Å². The highest BCUT2D eigenvalue weighted by Gasteiger charge is 2.61.